The van der Waals surface area contributed by atoms with E-state index in [-0.39, 0.29) is 11.9 Å². The first-order chi connectivity index (χ1) is 8.97. The van der Waals surface area contributed by atoms with E-state index in [1.165, 1.54) is 0 Å². The summed E-state index contributed by atoms with van der Waals surface area (Å²) in [5.74, 6) is 1.53. The van der Waals surface area contributed by atoms with Crippen molar-refractivity contribution in [2.75, 3.05) is 28.3 Å². The first-order valence-electron chi connectivity index (χ1n) is 6.14. The van der Waals surface area contributed by atoms with E-state index in [0.29, 0.717) is 6.54 Å². The number of amides is 1. The topological polar surface area (TPSA) is 50.8 Å². The molecule has 1 rings (SSSR count). The van der Waals surface area contributed by atoms with Crippen LogP contribution in [-0.4, -0.2) is 45.2 Å². The lowest BCUT2D eigenvalue weighted by Crippen LogP contribution is -2.41. The molecule has 0 radical (unpaired) electrons. The van der Waals surface area contributed by atoms with Crippen molar-refractivity contribution in [1.82, 2.24) is 10.2 Å². The van der Waals surface area contributed by atoms with Crippen molar-refractivity contribution >= 4 is 5.91 Å². The minimum Gasteiger partial charge on any atom is -0.497 e. The molecule has 1 atom stereocenters. The Morgan fingerprint density at radius 2 is 1.74 bits per heavy atom. The van der Waals surface area contributed by atoms with E-state index in [9.17, 15) is 4.79 Å². The summed E-state index contributed by atoms with van der Waals surface area (Å²) in [6, 6.07) is 5.43. The molecule has 0 aromatic heterocycles. The number of benzene rings is 1. The number of carbonyl (C=O) groups is 1. The Morgan fingerprint density at radius 3 is 2.16 bits per heavy atom. The Hall–Kier alpha value is -1.75. The van der Waals surface area contributed by atoms with Crippen LogP contribution in [0.4, 0.5) is 0 Å². The maximum absolute atomic E-state index is 11.7. The van der Waals surface area contributed by atoms with Gasteiger partial charge in [-0.2, -0.15) is 0 Å². The summed E-state index contributed by atoms with van der Waals surface area (Å²) in [5, 5.41) is 3.18. The van der Waals surface area contributed by atoms with E-state index in [1.54, 1.807) is 33.2 Å². The van der Waals surface area contributed by atoms with Gasteiger partial charge in [-0.3, -0.25) is 4.79 Å². The quantitative estimate of drug-likeness (QED) is 0.842. The molecule has 1 aromatic rings. The number of ether oxygens (including phenoxy) is 2. The molecule has 0 saturated carbocycles. The molecule has 0 spiro atoms. The smallest absolute Gasteiger partial charge is 0.238 e. The Bertz CT molecular complexity index is 410. The average molecular weight is 266 g/mol. The number of carbonyl (C=O) groups excluding carboxylic acids is 1. The molecular formula is C14H22N2O3. The third kappa shape index (κ3) is 4.44. The molecule has 0 bridgehead atoms. The molecular weight excluding hydrogens is 244 g/mol. The van der Waals surface area contributed by atoms with E-state index in [2.05, 4.69) is 5.32 Å². The highest BCUT2D eigenvalue weighted by Gasteiger charge is 2.14. The molecule has 106 valence electrons. The van der Waals surface area contributed by atoms with Gasteiger partial charge < -0.3 is 19.7 Å². The van der Waals surface area contributed by atoms with Gasteiger partial charge in [-0.25, -0.2) is 0 Å². The van der Waals surface area contributed by atoms with Gasteiger partial charge in [-0.15, -0.1) is 0 Å². The molecule has 5 heteroatoms. The van der Waals surface area contributed by atoms with E-state index in [1.807, 2.05) is 25.1 Å². The maximum atomic E-state index is 11.7. The van der Waals surface area contributed by atoms with Gasteiger partial charge in [0.1, 0.15) is 11.5 Å². The first kappa shape index (κ1) is 15.3. The SMILES string of the molecule is COc1cc(CNC(C)C(=O)N(C)C)cc(OC)c1. The second-order valence-corrected chi connectivity index (χ2v) is 4.56. The van der Waals surface area contributed by atoms with Gasteiger partial charge in [-0.05, 0) is 24.6 Å². The van der Waals surface area contributed by atoms with Gasteiger partial charge in [0.2, 0.25) is 5.91 Å². The normalized spacial score (nSPS) is 11.8. The second kappa shape index (κ2) is 6.99. The first-order valence-corrected chi connectivity index (χ1v) is 6.14. The van der Waals surface area contributed by atoms with Gasteiger partial charge in [0.05, 0.1) is 20.3 Å². The van der Waals surface area contributed by atoms with Crippen molar-refractivity contribution in [3.05, 3.63) is 23.8 Å². The predicted octanol–water partition coefficient (Wildman–Crippen LogP) is 1.27. The van der Waals surface area contributed by atoms with Crippen molar-refractivity contribution in [3.63, 3.8) is 0 Å². The molecule has 0 saturated heterocycles. The molecule has 0 fully saturated rings. The molecule has 1 amide bonds. The third-order valence-corrected chi connectivity index (χ3v) is 2.83. The fourth-order valence-electron chi connectivity index (χ4n) is 1.71. The Morgan fingerprint density at radius 1 is 1.21 bits per heavy atom. The Labute approximate surface area is 114 Å². The number of likely N-dealkylation sites (N-methyl/N-ethyl adjacent to an activating group) is 1. The van der Waals surface area contributed by atoms with Crippen LogP contribution in [-0.2, 0) is 11.3 Å². The van der Waals surface area contributed by atoms with E-state index in [0.717, 1.165) is 17.1 Å². The summed E-state index contributed by atoms with van der Waals surface area (Å²) in [5.41, 5.74) is 1.01. The maximum Gasteiger partial charge on any atom is 0.238 e. The monoisotopic (exact) mass is 266 g/mol. The average Bonchev–Trinajstić information content (AvgIpc) is 2.43. The highest BCUT2D eigenvalue weighted by Crippen LogP contribution is 2.22. The Kier molecular flexibility index (Phi) is 5.63. The zero-order chi connectivity index (χ0) is 14.4. The van der Waals surface area contributed by atoms with Crippen LogP contribution in [0.1, 0.15) is 12.5 Å². The second-order valence-electron chi connectivity index (χ2n) is 4.56. The molecule has 1 aromatic carbocycles. The molecule has 0 heterocycles. The van der Waals surface area contributed by atoms with E-state index < -0.39 is 0 Å². The molecule has 1 N–H and O–H groups in total. The van der Waals surface area contributed by atoms with Crippen molar-refractivity contribution in [2.24, 2.45) is 0 Å². The zero-order valence-corrected chi connectivity index (χ0v) is 12.2. The van der Waals surface area contributed by atoms with Crippen LogP contribution in [0.3, 0.4) is 0 Å². The van der Waals surface area contributed by atoms with Gasteiger partial charge in [-0.1, -0.05) is 0 Å². The van der Waals surface area contributed by atoms with Crippen LogP contribution in [0.25, 0.3) is 0 Å². The highest BCUT2D eigenvalue weighted by molar-refractivity contribution is 5.80. The summed E-state index contributed by atoms with van der Waals surface area (Å²) in [6.45, 7) is 2.42. The van der Waals surface area contributed by atoms with Crippen molar-refractivity contribution in [1.29, 1.82) is 0 Å². The summed E-state index contributed by atoms with van der Waals surface area (Å²) in [6.07, 6.45) is 0. The van der Waals surface area contributed by atoms with Crippen LogP contribution >= 0.6 is 0 Å². The number of hydrogen-bond donors (Lipinski definition) is 1. The largest absolute Gasteiger partial charge is 0.497 e. The van der Waals surface area contributed by atoms with Gasteiger partial charge in [0, 0.05) is 26.7 Å². The number of hydrogen-bond acceptors (Lipinski definition) is 4. The summed E-state index contributed by atoms with van der Waals surface area (Å²) in [4.78, 5) is 13.3. The highest BCUT2D eigenvalue weighted by atomic mass is 16.5. The number of methoxy groups -OCH3 is 2. The minimum absolute atomic E-state index is 0.0508. The lowest BCUT2D eigenvalue weighted by molar-refractivity contribution is -0.130. The molecule has 1 unspecified atom stereocenters. The standard InChI is InChI=1S/C14H22N2O3/c1-10(14(17)16(2)3)15-9-11-6-12(18-4)8-13(7-11)19-5/h6-8,10,15H,9H2,1-5H3. The van der Waals surface area contributed by atoms with Crippen LogP contribution in [0.5, 0.6) is 11.5 Å². The molecule has 0 aliphatic heterocycles. The van der Waals surface area contributed by atoms with Crippen LogP contribution in [0.2, 0.25) is 0 Å². The van der Waals surface area contributed by atoms with E-state index >= 15 is 0 Å². The van der Waals surface area contributed by atoms with Gasteiger partial charge >= 0.3 is 0 Å². The lowest BCUT2D eigenvalue weighted by Gasteiger charge is -2.18. The minimum atomic E-state index is -0.229. The molecule has 19 heavy (non-hydrogen) atoms. The fraction of sp³-hybridized carbons (Fsp3) is 0.500. The summed E-state index contributed by atoms with van der Waals surface area (Å²) < 4.78 is 10.4. The molecule has 0 aliphatic carbocycles. The van der Waals surface area contributed by atoms with E-state index in [4.69, 9.17) is 9.47 Å². The third-order valence-electron chi connectivity index (χ3n) is 2.83. The van der Waals surface area contributed by atoms with Crippen LogP contribution in [0.15, 0.2) is 18.2 Å². The number of nitrogens with one attached hydrogen (secondary N) is 1. The molecule has 0 aliphatic rings. The summed E-state index contributed by atoms with van der Waals surface area (Å²) in [7, 11) is 6.72. The Balaban J connectivity index is 2.69. The van der Waals surface area contributed by atoms with Crippen LogP contribution in [0, 0.1) is 0 Å². The summed E-state index contributed by atoms with van der Waals surface area (Å²) >= 11 is 0. The van der Waals surface area contributed by atoms with Crippen molar-refractivity contribution in [2.45, 2.75) is 19.5 Å². The number of nitrogens with zero attached hydrogens (tertiary/aromatic N) is 1. The van der Waals surface area contributed by atoms with Gasteiger partial charge in [0.25, 0.3) is 0 Å². The molecule has 5 nitrogen and oxygen atoms in total. The lowest BCUT2D eigenvalue weighted by atomic mass is 10.2. The predicted molar refractivity (Wildman–Crippen MR) is 74.5 cm³/mol. The zero-order valence-electron chi connectivity index (χ0n) is 12.2. The van der Waals surface area contributed by atoms with Crippen LogP contribution < -0.4 is 14.8 Å². The van der Waals surface area contributed by atoms with Crippen molar-refractivity contribution < 1.29 is 14.3 Å². The fourth-order valence-corrected chi connectivity index (χ4v) is 1.71. The number of rotatable bonds is 6. The van der Waals surface area contributed by atoms with Gasteiger partial charge in [0.15, 0.2) is 0 Å². The van der Waals surface area contributed by atoms with Crippen molar-refractivity contribution in [3.8, 4) is 11.5 Å².